The van der Waals surface area contributed by atoms with Crippen LogP contribution in [0.3, 0.4) is 0 Å². The van der Waals surface area contributed by atoms with Crippen LogP contribution in [0, 0.1) is 0 Å². The number of nitrogens with zero attached hydrogens (tertiary/aromatic N) is 1. The van der Waals surface area contributed by atoms with E-state index >= 15 is 0 Å². The molecule has 0 aliphatic carbocycles. The molecule has 0 aliphatic heterocycles. The van der Waals surface area contributed by atoms with Gasteiger partial charge in [0.2, 0.25) is 0 Å². The molecule has 1 aromatic heterocycles. The second-order valence-corrected chi connectivity index (χ2v) is 5.73. The summed E-state index contributed by atoms with van der Waals surface area (Å²) in [6.45, 7) is 0. The molecule has 6 heteroatoms. The smallest absolute Gasteiger partial charge is 0.283 e. The number of rotatable bonds is 4. The van der Waals surface area contributed by atoms with Crippen molar-refractivity contribution >= 4 is 33.6 Å². The van der Waals surface area contributed by atoms with Gasteiger partial charge in [-0.15, -0.1) is 11.8 Å². The van der Waals surface area contributed by atoms with Gasteiger partial charge in [0, 0.05) is 21.3 Å². The molecule has 1 heterocycles. The lowest BCUT2D eigenvalue weighted by Gasteiger charge is -2.04. The number of thioether (sulfide) groups is 1. The van der Waals surface area contributed by atoms with Crippen LogP contribution < -0.4 is 11.3 Å². The lowest BCUT2D eigenvalue weighted by atomic mass is 10.2. The van der Waals surface area contributed by atoms with Gasteiger partial charge in [-0.2, -0.15) is 0 Å². The fourth-order valence-electron chi connectivity index (χ4n) is 1.49. The van der Waals surface area contributed by atoms with Crippen molar-refractivity contribution in [2.75, 3.05) is 0 Å². The molecule has 0 radical (unpaired) electrons. The minimum absolute atomic E-state index is 0.321. The Hall–Kier alpha value is -1.37. The van der Waals surface area contributed by atoms with Crippen molar-refractivity contribution in [1.29, 1.82) is 0 Å². The average molecular weight is 338 g/mol. The van der Waals surface area contributed by atoms with Gasteiger partial charge < -0.3 is 0 Å². The monoisotopic (exact) mass is 337 g/mol. The average Bonchev–Trinajstić information content (AvgIpc) is 2.45. The van der Waals surface area contributed by atoms with E-state index in [4.69, 9.17) is 5.84 Å². The van der Waals surface area contributed by atoms with Crippen LogP contribution in [0.5, 0.6) is 0 Å². The Morgan fingerprint density at radius 3 is 2.95 bits per heavy atom. The summed E-state index contributed by atoms with van der Waals surface area (Å²) in [6.07, 6.45) is 1.60. The second kappa shape index (κ2) is 6.70. The first-order valence-electron chi connectivity index (χ1n) is 5.53. The maximum absolute atomic E-state index is 11.4. The molecule has 2 rings (SSSR count). The molecule has 19 heavy (non-hydrogen) atoms. The summed E-state index contributed by atoms with van der Waals surface area (Å²) >= 11 is 5.08. The fraction of sp³-hybridized carbons (Fsp3) is 0.0769. The van der Waals surface area contributed by atoms with Crippen molar-refractivity contribution in [1.82, 2.24) is 10.4 Å². The van der Waals surface area contributed by atoms with Crippen molar-refractivity contribution in [3.05, 3.63) is 58.3 Å². The van der Waals surface area contributed by atoms with Gasteiger partial charge in [-0.3, -0.25) is 15.2 Å². The molecule has 0 bridgehead atoms. The summed E-state index contributed by atoms with van der Waals surface area (Å²) in [5.41, 5.74) is 3.60. The molecule has 2 aromatic rings. The van der Waals surface area contributed by atoms with Gasteiger partial charge in [-0.1, -0.05) is 28.1 Å². The van der Waals surface area contributed by atoms with E-state index in [1.54, 1.807) is 24.0 Å². The highest BCUT2D eigenvalue weighted by Crippen LogP contribution is 2.24. The molecular weight excluding hydrogens is 326 g/mol. The molecule has 0 unspecified atom stereocenters. The third-order valence-electron chi connectivity index (χ3n) is 2.39. The first kappa shape index (κ1) is 14.0. The van der Waals surface area contributed by atoms with E-state index in [-0.39, 0.29) is 5.91 Å². The van der Waals surface area contributed by atoms with Crippen LogP contribution in [0.25, 0.3) is 0 Å². The number of nitrogen functional groups attached to an aromatic ring is 1. The number of hydrazine groups is 1. The van der Waals surface area contributed by atoms with Crippen molar-refractivity contribution < 1.29 is 4.79 Å². The summed E-state index contributed by atoms with van der Waals surface area (Å²) in [5, 5.41) is 0. The zero-order valence-electron chi connectivity index (χ0n) is 9.97. The fourth-order valence-corrected chi connectivity index (χ4v) is 2.80. The number of nitrogens with two attached hydrogens (primary N) is 1. The first-order valence-corrected chi connectivity index (χ1v) is 7.31. The number of amides is 1. The zero-order chi connectivity index (χ0) is 13.7. The van der Waals surface area contributed by atoms with Crippen LogP contribution in [0.4, 0.5) is 0 Å². The molecule has 0 saturated heterocycles. The highest BCUT2D eigenvalue weighted by atomic mass is 79.9. The van der Waals surface area contributed by atoms with E-state index in [1.807, 2.05) is 18.2 Å². The first-order chi connectivity index (χ1) is 9.19. The molecule has 1 amide bonds. The van der Waals surface area contributed by atoms with Crippen LogP contribution in [0.1, 0.15) is 16.1 Å². The van der Waals surface area contributed by atoms with Crippen molar-refractivity contribution in [3.63, 3.8) is 0 Å². The maximum atomic E-state index is 11.4. The topological polar surface area (TPSA) is 68.0 Å². The highest BCUT2D eigenvalue weighted by Gasteiger charge is 2.06. The molecule has 0 aliphatic rings. The van der Waals surface area contributed by atoms with Gasteiger partial charge in [0.05, 0.1) is 0 Å². The van der Waals surface area contributed by atoms with Crippen LogP contribution in [-0.4, -0.2) is 10.9 Å². The highest BCUT2D eigenvalue weighted by molar-refractivity contribution is 9.10. The summed E-state index contributed by atoms with van der Waals surface area (Å²) in [4.78, 5) is 16.3. The van der Waals surface area contributed by atoms with Crippen LogP contribution in [0.2, 0.25) is 0 Å². The Morgan fingerprint density at radius 1 is 1.37 bits per heavy atom. The molecule has 1 aromatic carbocycles. The third-order valence-corrected chi connectivity index (χ3v) is 3.95. The van der Waals surface area contributed by atoms with Gasteiger partial charge in [0.25, 0.3) is 5.91 Å². The molecule has 98 valence electrons. The molecule has 0 fully saturated rings. The number of aromatic nitrogens is 1. The van der Waals surface area contributed by atoms with Gasteiger partial charge >= 0.3 is 0 Å². The second-order valence-electron chi connectivity index (χ2n) is 3.77. The molecule has 0 saturated carbocycles. The summed E-state index contributed by atoms with van der Waals surface area (Å²) in [7, 11) is 0. The van der Waals surface area contributed by atoms with E-state index < -0.39 is 0 Å². The minimum Gasteiger partial charge on any atom is -0.289 e. The number of hydrogen-bond donors (Lipinski definition) is 2. The number of carbonyl (C=O) groups excluding carboxylic acids is 1. The number of hydrogen-bond acceptors (Lipinski definition) is 4. The molecule has 0 spiro atoms. The Morgan fingerprint density at radius 2 is 2.21 bits per heavy atom. The Bertz CT molecular complexity index is 592. The van der Waals surface area contributed by atoms with Crippen molar-refractivity contribution in [2.24, 2.45) is 5.84 Å². The van der Waals surface area contributed by atoms with Crippen LogP contribution in [0.15, 0.2) is 52.0 Å². The van der Waals surface area contributed by atoms with Crippen molar-refractivity contribution in [2.45, 2.75) is 10.6 Å². The molecule has 3 N–H and O–H groups in total. The standard InChI is InChI=1S/C13H12BrN3OS/c14-10-3-1-2-9(6-10)8-19-11-4-5-16-12(7-11)13(18)17-15/h1-7H,8,15H2,(H,17,18). The quantitative estimate of drug-likeness (QED) is 0.389. The Kier molecular flexibility index (Phi) is 4.95. The molecule has 4 nitrogen and oxygen atoms in total. The van der Waals surface area contributed by atoms with E-state index in [0.717, 1.165) is 15.1 Å². The number of pyridine rings is 1. The Labute approximate surface area is 123 Å². The molecular formula is C13H12BrN3OS. The number of carbonyl (C=O) groups is 1. The van der Waals surface area contributed by atoms with Gasteiger partial charge in [-0.05, 0) is 29.8 Å². The van der Waals surface area contributed by atoms with E-state index in [2.05, 4.69) is 38.5 Å². The predicted molar refractivity (Wildman–Crippen MR) is 79.6 cm³/mol. The van der Waals surface area contributed by atoms with Gasteiger partial charge in [0.15, 0.2) is 0 Å². The van der Waals surface area contributed by atoms with E-state index in [0.29, 0.717) is 5.69 Å². The Balaban J connectivity index is 2.05. The lowest BCUT2D eigenvalue weighted by molar-refractivity contribution is 0.0948. The lowest BCUT2D eigenvalue weighted by Crippen LogP contribution is -2.30. The summed E-state index contributed by atoms with van der Waals surface area (Å²) in [5.74, 6) is 5.53. The summed E-state index contributed by atoms with van der Waals surface area (Å²) in [6, 6.07) is 11.7. The van der Waals surface area contributed by atoms with Gasteiger partial charge in [-0.25, -0.2) is 5.84 Å². The number of nitrogens with one attached hydrogen (secondary N) is 1. The zero-order valence-corrected chi connectivity index (χ0v) is 12.4. The maximum Gasteiger partial charge on any atom is 0.283 e. The number of halogens is 1. The van der Waals surface area contributed by atoms with Crippen LogP contribution in [-0.2, 0) is 5.75 Å². The van der Waals surface area contributed by atoms with E-state index in [1.165, 1.54) is 5.56 Å². The molecule has 0 atom stereocenters. The SMILES string of the molecule is NNC(=O)c1cc(SCc2cccc(Br)c2)ccn1. The predicted octanol–water partition coefficient (Wildman–Crippen LogP) is 2.74. The van der Waals surface area contributed by atoms with Crippen molar-refractivity contribution in [3.8, 4) is 0 Å². The van der Waals surface area contributed by atoms with Crippen LogP contribution >= 0.6 is 27.7 Å². The van der Waals surface area contributed by atoms with E-state index in [9.17, 15) is 4.79 Å². The minimum atomic E-state index is -0.384. The number of benzene rings is 1. The third kappa shape index (κ3) is 4.05. The van der Waals surface area contributed by atoms with Gasteiger partial charge in [0.1, 0.15) is 5.69 Å². The summed E-state index contributed by atoms with van der Waals surface area (Å²) < 4.78 is 1.06. The largest absolute Gasteiger partial charge is 0.289 e. The normalized spacial score (nSPS) is 10.2.